The van der Waals surface area contributed by atoms with E-state index in [1.165, 1.54) is 0 Å². The maximum atomic E-state index is 14.3. The Hall–Kier alpha value is -3.52. The van der Waals surface area contributed by atoms with Crippen molar-refractivity contribution in [1.82, 2.24) is 10.2 Å². The van der Waals surface area contributed by atoms with Gasteiger partial charge in [-0.05, 0) is 86.9 Å². The van der Waals surface area contributed by atoms with Gasteiger partial charge in [0.25, 0.3) is 5.91 Å². The number of carbonyl (C=O) groups excluding carboxylic acids is 3. The van der Waals surface area contributed by atoms with Crippen molar-refractivity contribution in [3.05, 3.63) is 78.4 Å². The number of hydrogen-bond donors (Lipinski definition) is 2. The van der Waals surface area contributed by atoms with Crippen LogP contribution in [-0.2, 0) is 14.3 Å². The Kier molecular flexibility index (Phi) is 9.74. The van der Waals surface area contributed by atoms with Crippen molar-refractivity contribution >= 4 is 46.1 Å². The smallest absolute Gasteiger partial charge is 0.408 e. The van der Waals surface area contributed by atoms with Crippen LogP contribution in [-0.4, -0.2) is 52.5 Å². The molecule has 40 heavy (non-hydrogen) atoms. The fourth-order valence-corrected chi connectivity index (χ4v) is 5.33. The lowest BCUT2D eigenvalue weighted by Gasteiger charge is -2.43. The Bertz CT molecular complexity index is 1320. The van der Waals surface area contributed by atoms with Gasteiger partial charge >= 0.3 is 6.09 Å². The van der Waals surface area contributed by atoms with Gasteiger partial charge in [0.05, 0.1) is 0 Å². The number of alkyl carbamates (subject to hydrolysis) is 1. The largest absolute Gasteiger partial charge is 0.444 e. The van der Waals surface area contributed by atoms with Crippen LogP contribution in [0.5, 0.6) is 0 Å². The second-order valence-corrected chi connectivity index (χ2v) is 12.2. The first-order valence-electron chi connectivity index (χ1n) is 13.8. The molecule has 0 bridgehead atoms. The number of nitrogens with zero attached hydrogens (tertiary/aromatic N) is 1. The van der Waals surface area contributed by atoms with E-state index in [0.717, 1.165) is 35.6 Å². The van der Waals surface area contributed by atoms with Crippen molar-refractivity contribution < 1.29 is 19.1 Å². The third kappa shape index (κ3) is 7.56. The van der Waals surface area contributed by atoms with Gasteiger partial charge in [-0.3, -0.25) is 9.59 Å². The zero-order valence-electron chi connectivity index (χ0n) is 23.7. The first kappa shape index (κ1) is 29.5. The molecule has 0 saturated heterocycles. The Morgan fingerprint density at radius 2 is 1.65 bits per heavy atom. The molecule has 0 heterocycles. The molecule has 2 unspecified atom stereocenters. The summed E-state index contributed by atoms with van der Waals surface area (Å²) >= 11 is 1.60. The maximum Gasteiger partial charge on any atom is 0.408 e. The van der Waals surface area contributed by atoms with E-state index in [2.05, 4.69) is 10.6 Å². The molecule has 3 aromatic carbocycles. The second-order valence-electron chi connectivity index (χ2n) is 11.2. The molecular formula is C32H39N3O4S. The van der Waals surface area contributed by atoms with E-state index in [1.807, 2.05) is 79.1 Å². The number of benzene rings is 3. The SMILES string of the molecule is CSCCC(NC(=O)OC(C)(C)C)C(=O)N(C1CCC1)C(C(=O)Nc1ccc2ccccc2c1)c1ccccc1. The van der Waals surface area contributed by atoms with E-state index < -0.39 is 23.8 Å². The zero-order chi connectivity index (χ0) is 28.7. The first-order valence-corrected chi connectivity index (χ1v) is 15.2. The number of hydrogen-bond acceptors (Lipinski definition) is 5. The van der Waals surface area contributed by atoms with Crippen LogP contribution in [0.1, 0.15) is 58.1 Å². The van der Waals surface area contributed by atoms with Crippen LogP contribution >= 0.6 is 11.8 Å². The van der Waals surface area contributed by atoms with Crippen molar-refractivity contribution in [1.29, 1.82) is 0 Å². The summed E-state index contributed by atoms with van der Waals surface area (Å²) in [5.74, 6) is 0.110. The highest BCUT2D eigenvalue weighted by molar-refractivity contribution is 7.98. The summed E-state index contributed by atoms with van der Waals surface area (Å²) in [6.07, 6.45) is 4.34. The van der Waals surface area contributed by atoms with Crippen LogP contribution in [0.15, 0.2) is 72.8 Å². The van der Waals surface area contributed by atoms with E-state index in [0.29, 0.717) is 17.9 Å². The summed E-state index contributed by atoms with van der Waals surface area (Å²) in [6.45, 7) is 5.36. The molecular weight excluding hydrogens is 522 g/mol. The van der Waals surface area contributed by atoms with Gasteiger partial charge < -0.3 is 20.3 Å². The van der Waals surface area contributed by atoms with Crippen LogP contribution in [0.25, 0.3) is 10.8 Å². The molecule has 8 heteroatoms. The minimum absolute atomic E-state index is 0.0997. The molecule has 212 valence electrons. The van der Waals surface area contributed by atoms with Crippen molar-refractivity contribution in [3.8, 4) is 0 Å². The van der Waals surface area contributed by atoms with Crippen LogP contribution in [0.4, 0.5) is 10.5 Å². The highest BCUT2D eigenvalue weighted by atomic mass is 32.2. The molecule has 3 amide bonds. The van der Waals surface area contributed by atoms with Crippen LogP contribution in [0.2, 0.25) is 0 Å². The van der Waals surface area contributed by atoms with Crippen LogP contribution in [0.3, 0.4) is 0 Å². The van der Waals surface area contributed by atoms with Gasteiger partial charge in [0.1, 0.15) is 17.7 Å². The molecule has 3 aromatic rings. The summed E-state index contributed by atoms with van der Waals surface area (Å²) < 4.78 is 5.48. The first-order chi connectivity index (χ1) is 19.2. The van der Waals surface area contributed by atoms with Crippen molar-refractivity contribution in [3.63, 3.8) is 0 Å². The minimum Gasteiger partial charge on any atom is -0.444 e. The fourth-order valence-electron chi connectivity index (χ4n) is 4.86. The monoisotopic (exact) mass is 561 g/mol. The Morgan fingerprint density at radius 1 is 0.975 bits per heavy atom. The standard InChI is InChI=1S/C32H39N3O4S/c1-32(2,3)39-31(38)34-27(19-20-40-4)30(37)35(26-15-10-16-26)28(23-12-6-5-7-13-23)29(36)33-25-18-17-22-11-8-9-14-24(22)21-25/h5-9,11-14,17-18,21,26-28H,10,15-16,19-20H2,1-4H3,(H,33,36)(H,34,38). The number of anilines is 1. The maximum absolute atomic E-state index is 14.3. The number of carbonyl (C=O) groups is 3. The van der Waals surface area contributed by atoms with E-state index in [4.69, 9.17) is 4.74 Å². The topological polar surface area (TPSA) is 87.7 Å². The van der Waals surface area contributed by atoms with Crippen molar-refractivity contribution in [2.45, 2.75) is 70.2 Å². The predicted molar refractivity (Wildman–Crippen MR) is 162 cm³/mol. The molecule has 1 saturated carbocycles. The van der Waals surface area contributed by atoms with E-state index in [9.17, 15) is 14.4 Å². The lowest BCUT2D eigenvalue weighted by molar-refractivity contribution is -0.145. The molecule has 0 aliphatic heterocycles. The summed E-state index contributed by atoms with van der Waals surface area (Å²) in [6, 6.07) is 21.4. The van der Waals surface area contributed by atoms with Gasteiger partial charge in [0.2, 0.25) is 5.91 Å². The predicted octanol–water partition coefficient (Wildman–Crippen LogP) is 6.55. The van der Waals surface area contributed by atoms with Crippen molar-refractivity contribution in [2.75, 3.05) is 17.3 Å². The number of fused-ring (bicyclic) bond motifs is 1. The van der Waals surface area contributed by atoms with Crippen LogP contribution < -0.4 is 10.6 Å². The molecule has 2 atom stereocenters. The molecule has 0 aromatic heterocycles. The molecule has 7 nitrogen and oxygen atoms in total. The van der Waals surface area contributed by atoms with Gasteiger partial charge in [-0.2, -0.15) is 11.8 Å². The van der Waals surface area contributed by atoms with Crippen LogP contribution in [0, 0.1) is 0 Å². The van der Waals surface area contributed by atoms with E-state index in [-0.39, 0.29) is 17.9 Å². The third-order valence-electron chi connectivity index (χ3n) is 6.98. The highest BCUT2D eigenvalue weighted by Gasteiger charge is 2.41. The number of nitrogens with one attached hydrogen (secondary N) is 2. The highest BCUT2D eigenvalue weighted by Crippen LogP contribution is 2.35. The molecule has 1 fully saturated rings. The minimum atomic E-state index is -0.859. The van der Waals surface area contributed by atoms with E-state index in [1.54, 1.807) is 37.4 Å². The molecule has 0 radical (unpaired) electrons. The Morgan fingerprint density at radius 3 is 2.27 bits per heavy atom. The lowest BCUT2D eigenvalue weighted by atomic mass is 9.88. The molecule has 2 N–H and O–H groups in total. The quantitative estimate of drug-likeness (QED) is 0.293. The molecule has 1 aliphatic rings. The number of ether oxygens (including phenoxy) is 1. The lowest BCUT2D eigenvalue weighted by Crippen LogP contribution is -2.57. The third-order valence-corrected chi connectivity index (χ3v) is 7.63. The summed E-state index contributed by atoms with van der Waals surface area (Å²) in [7, 11) is 0. The number of rotatable bonds is 10. The summed E-state index contributed by atoms with van der Waals surface area (Å²) in [4.78, 5) is 42.8. The van der Waals surface area contributed by atoms with Gasteiger partial charge in [-0.15, -0.1) is 0 Å². The Balaban J connectivity index is 1.67. The Labute approximate surface area is 241 Å². The normalized spacial score (nSPS) is 15.0. The van der Waals surface area contributed by atoms with Gasteiger partial charge in [0.15, 0.2) is 0 Å². The van der Waals surface area contributed by atoms with E-state index >= 15 is 0 Å². The van der Waals surface area contributed by atoms with Gasteiger partial charge in [0, 0.05) is 11.7 Å². The second kappa shape index (κ2) is 13.2. The molecule has 0 spiro atoms. The average molecular weight is 562 g/mol. The van der Waals surface area contributed by atoms with Crippen molar-refractivity contribution in [2.24, 2.45) is 0 Å². The van der Waals surface area contributed by atoms with Gasteiger partial charge in [-0.1, -0.05) is 60.7 Å². The summed E-state index contributed by atoms with van der Waals surface area (Å²) in [5, 5.41) is 7.98. The number of amides is 3. The van der Waals surface area contributed by atoms with Gasteiger partial charge in [-0.25, -0.2) is 4.79 Å². The molecule has 4 rings (SSSR count). The summed E-state index contributed by atoms with van der Waals surface area (Å²) in [5.41, 5.74) is 0.690. The molecule has 1 aliphatic carbocycles. The zero-order valence-corrected chi connectivity index (χ0v) is 24.5. The average Bonchev–Trinajstić information content (AvgIpc) is 2.88. The number of thioether (sulfide) groups is 1. The fraction of sp³-hybridized carbons (Fsp3) is 0.406.